The first-order valence-corrected chi connectivity index (χ1v) is 4.01. The van der Waals surface area contributed by atoms with Crippen LogP contribution in [0.25, 0.3) is 0 Å². The van der Waals surface area contributed by atoms with Crippen molar-refractivity contribution in [1.82, 2.24) is 15.1 Å². The van der Waals surface area contributed by atoms with Crippen molar-refractivity contribution in [3.8, 4) is 0 Å². The van der Waals surface area contributed by atoms with Crippen LogP contribution in [0.1, 0.15) is 21.0 Å². The largest absolute Gasteiger partial charge is 0.476 e. The summed E-state index contributed by atoms with van der Waals surface area (Å²) in [6.45, 7) is 0. The van der Waals surface area contributed by atoms with E-state index in [4.69, 9.17) is 10.2 Å². The molecule has 10 heteroatoms. The lowest BCUT2D eigenvalue weighted by Gasteiger charge is -2.16. The lowest BCUT2D eigenvalue weighted by molar-refractivity contribution is -0.115. The second-order valence-corrected chi connectivity index (χ2v) is 2.59. The zero-order valence-corrected chi connectivity index (χ0v) is 8.10. The maximum absolute atomic E-state index is 10.8. The van der Waals surface area contributed by atoms with Crippen LogP contribution in [-0.2, 0) is 9.59 Å². The van der Waals surface area contributed by atoms with Gasteiger partial charge in [-0.1, -0.05) is 0 Å². The first-order valence-electron chi connectivity index (χ1n) is 4.01. The van der Waals surface area contributed by atoms with Crippen LogP contribution in [0.4, 0.5) is 0 Å². The second kappa shape index (κ2) is 4.74. The maximum atomic E-state index is 10.8. The molecule has 0 saturated heterocycles. The van der Waals surface area contributed by atoms with Crippen molar-refractivity contribution in [2.75, 3.05) is 5.12 Å². The fourth-order valence-corrected chi connectivity index (χ4v) is 1.06. The Morgan fingerprint density at radius 2 is 2.00 bits per heavy atom. The Balaban J connectivity index is 3.33. The third-order valence-corrected chi connectivity index (χ3v) is 1.67. The van der Waals surface area contributed by atoms with Crippen LogP contribution in [0.5, 0.6) is 0 Å². The molecule has 0 spiro atoms. The fraction of sp³-hybridized carbons (Fsp3) is 0. The summed E-state index contributed by atoms with van der Waals surface area (Å²) in [5.41, 5.74) is 0.330. The summed E-state index contributed by atoms with van der Waals surface area (Å²) in [7, 11) is 0. The van der Waals surface area contributed by atoms with E-state index in [1.54, 1.807) is 0 Å². The van der Waals surface area contributed by atoms with Gasteiger partial charge < -0.3 is 10.2 Å². The number of carboxylic acids is 2. The third-order valence-electron chi connectivity index (χ3n) is 1.67. The number of nitrogens with zero attached hydrogens (tertiary/aromatic N) is 3. The lowest BCUT2D eigenvalue weighted by Crippen LogP contribution is -2.45. The fourth-order valence-electron chi connectivity index (χ4n) is 1.06. The topological polar surface area (TPSA) is 142 Å². The average molecular weight is 242 g/mol. The van der Waals surface area contributed by atoms with Crippen molar-refractivity contribution < 1.29 is 29.4 Å². The Morgan fingerprint density at radius 3 is 2.41 bits per heavy atom. The Labute approximate surface area is 93.0 Å². The number of amides is 2. The quantitative estimate of drug-likeness (QED) is 0.388. The molecule has 90 valence electrons. The van der Waals surface area contributed by atoms with Crippen molar-refractivity contribution in [1.29, 1.82) is 0 Å². The van der Waals surface area contributed by atoms with Crippen molar-refractivity contribution >= 4 is 24.8 Å². The highest BCUT2D eigenvalue weighted by Gasteiger charge is 2.25. The van der Waals surface area contributed by atoms with Gasteiger partial charge in [0, 0.05) is 0 Å². The predicted molar refractivity (Wildman–Crippen MR) is 49.6 cm³/mol. The Morgan fingerprint density at radius 1 is 1.35 bits per heavy atom. The molecule has 0 atom stereocenters. The molecule has 1 rings (SSSR count). The summed E-state index contributed by atoms with van der Waals surface area (Å²) < 4.78 is 0.577. The number of carbonyl (C=O) groups is 4. The van der Waals surface area contributed by atoms with E-state index in [9.17, 15) is 19.2 Å². The van der Waals surface area contributed by atoms with Gasteiger partial charge in [0.1, 0.15) is 6.33 Å². The summed E-state index contributed by atoms with van der Waals surface area (Å²) in [5, 5.41) is 17.9. The highest BCUT2D eigenvalue weighted by Crippen LogP contribution is 2.07. The molecule has 0 radical (unpaired) electrons. The monoisotopic (exact) mass is 242 g/mol. The molecule has 0 bridgehead atoms. The van der Waals surface area contributed by atoms with E-state index in [-0.39, 0.29) is 12.8 Å². The van der Waals surface area contributed by atoms with Crippen molar-refractivity contribution in [3.63, 3.8) is 0 Å². The molecule has 2 amide bonds. The standard InChI is InChI=1S/C7H6N4O6/c12-2-9-11(3-13)10-1-8-4(6(14)15)5(10)7(16)17/h1-3H,(H,9,12)(H,14,15)(H,16,17). The number of nitrogens with one attached hydrogen (secondary N) is 1. The maximum Gasteiger partial charge on any atom is 0.357 e. The summed E-state index contributed by atoms with van der Waals surface area (Å²) in [4.78, 5) is 45.6. The normalized spacial score (nSPS) is 9.41. The van der Waals surface area contributed by atoms with E-state index in [0.717, 1.165) is 6.33 Å². The van der Waals surface area contributed by atoms with Gasteiger partial charge in [0.05, 0.1) is 0 Å². The molecule has 3 N–H and O–H groups in total. The number of hydrazine groups is 1. The number of carboxylic acid groups (broad SMARTS) is 2. The van der Waals surface area contributed by atoms with Crippen LogP contribution in [0.3, 0.4) is 0 Å². The van der Waals surface area contributed by atoms with Crippen molar-refractivity contribution in [2.24, 2.45) is 0 Å². The predicted octanol–water partition coefficient (Wildman–Crippen LogP) is -1.97. The van der Waals surface area contributed by atoms with E-state index < -0.39 is 23.3 Å². The molecule has 0 unspecified atom stereocenters. The van der Waals surface area contributed by atoms with E-state index in [1.807, 2.05) is 5.43 Å². The highest BCUT2D eigenvalue weighted by molar-refractivity contribution is 5.99. The molecule has 0 aliphatic heterocycles. The Kier molecular flexibility index (Phi) is 3.39. The molecule has 0 aliphatic rings. The van der Waals surface area contributed by atoms with Crippen LogP contribution in [0, 0.1) is 0 Å². The number of hydrogen-bond donors (Lipinski definition) is 3. The smallest absolute Gasteiger partial charge is 0.357 e. The van der Waals surface area contributed by atoms with Crippen LogP contribution in [0.15, 0.2) is 6.33 Å². The van der Waals surface area contributed by atoms with Gasteiger partial charge in [0.15, 0.2) is 11.4 Å². The summed E-state index contributed by atoms with van der Waals surface area (Å²) in [6.07, 6.45) is 0.965. The first kappa shape index (κ1) is 12.2. The average Bonchev–Trinajstić information content (AvgIpc) is 2.70. The second-order valence-electron chi connectivity index (χ2n) is 2.59. The van der Waals surface area contributed by atoms with E-state index in [0.29, 0.717) is 9.79 Å². The third kappa shape index (κ3) is 2.19. The molecule has 17 heavy (non-hydrogen) atoms. The molecular formula is C7H6N4O6. The van der Waals surface area contributed by atoms with E-state index in [1.165, 1.54) is 0 Å². The molecule has 10 nitrogen and oxygen atoms in total. The molecule has 1 aromatic rings. The van der Waals surface area contributed by atoms with Gasteiger partial charge in [-0.2, -0.15) is 5.12 Å². The first-order chi connectivity index (χ1) is 8.02. The number of aromatic carboxylic acids is 2. The summed E-state index contributed by atoms with van der Waals surface area (Å²) in [6, 6.07) is 0. The van der Waals surface area contributed by atoms with Gasteiger partial charge >= 0.3 is 11.9 Å². The molecular weight excluding hydrogens is 236 g/mol. The minimum Gasteiger partial charge on any atom is -0.476 e. The van der Waals surface area contributed by atoms with Crippen molar-refractivity contribution in [3.05, 3.63) is 17.7 Å². The van der Waals surface area contributed by atoms with Crippen LogP contribution >= 0.6 is 0 Å². The van der Waals surface area contributed by atoms with E-state index in [2.05, 4.69) is 4.98 Å². The Hall–Kier alpha value is -2.91. The highest BCUT2D eigenvalue weighted by atomic mass is 16.4. The Bertz CT molecular complexity index is 481. The number of aromatic nitrogens is 2. The minimum atomic E-state index is -1.61. The van der Waals surface area contributed by atoms with Gasteiger partial charge in [-0.05, 0) is 0 Å². The van der Waals surface area contributed by atoms with Gasteiger partial charge in [-0.15, -0.1) is 0 Å². The van der Waals surface area contributed by atoms with Gasteiger partial charge in [0.2, 0.25) is 12.8 Å². The van der Waals surface area contributed by atoms with Gasteiger partial charge in [-0.25, -0.2) is 24.7 Å². The number of imidazole rings is 1. The van der Waals surface area contributed by atoms with Crippen LogP contribution in [-0.4, -0.2) is 44.6 Å². The summed E-state index contributed by atoms with van der Waals surface area (Å²) >= 11 is 0. The van der Waals surface area contributed by atoms with E-state index >= 15 is 0 Å². The molecule has 1 aromatic heterocycles. The zero-order valence-electron chi connectivity index (χ0n) is 8.10. The van der Waals surface area contributed by atoms with Gasteiger partial charge in [0.25, 0.3) is 0 Å². The van der Waals surface area contributed by atoms with Crippen LogP contribution in [0.2, 0.25) is 0 Å². The SMILES string of the molecule is O=CNN(C=O)n1cnc(C(=O)O)c1C(=O)O. The summed E-state index contributed by atoms with van der Waals surface area (Å²) in [5.74, 6) is -3.18. The van der Waals surface area contributed by atoms with Crippen LogP contribution < -0.4 is 10.5 Å². The van der Waals surface area contributed by atoms with Gasteiger partial charge in [-0.3, -0.25) is 9.59 Å². The number of rotatable bonds is 6. The molecule has 1 heterocycles. The molecule has 0 fully saturated rings. The number of carbonyl (C=O) groups excluding carboxylic acids is 2. The number of hydrogen-bond acceptors (Lipinski definition) is 5. The van der Waals surface area contributed by atoms with Crippen molar-refractivity contribution in [2.45, 2.75) is 0 Å². The lowest BCUT2D eigenvalue weighted by atomic mass is 10.3. The molecule has 0 aromatic carbocycles. The minimum absolute atomic E-state index is 0.0775. The molecule has 0 aliphatic carbocycles. The zero-order chi connectivity index (χ0) is 13.0. The molecule has 0 saturated carbocycles.